The van der Waals surface area contributed by atoms with Gasteiger partial charge in [-0.3, -0.25) is 0 Å². The molecular formula is C14H21NO. The van der Waals surface area contributed by atoms with E-state index in [-0.39, 0.29) is 5.78 Å². The van der Waals surface area contributed by atoms with Crippen molar-refractivity contribution in [3.63, 3.8) is 0 Å². The molecule has 0 aliphatic carbocycles. The number of rotatable bonds is 6. The van der Waals surface area contributed by atoms with Gasteiger partial charge in [-0.1, -0.05) is 23.8 Å². The zero-order valence-electron chi connectivity index (χ0n) is 10.5. The Labute approximate surface area is 98.1 Å². The first-order chi connectivity index (χ1) is 7.59. The molecule has 0 aliphatic heterocycles. The summed E-state index contributed by atoms with van der Waals surface area (Å²) in [6.07, 6.45) is 1.61. The third-order valence-electron chi connectivity index (χ3n) is 2.70. The van der Waals surface area contributed by atoms with Crippen LogP contribution in [0.25, 0.3) is 0 Å². The molecule has 0 amide bonds. The lowest BCUT2D eigenvalue weighted by molar-refractivity contribution is -0.117. The third kappa shape index (κ3) is 4.58. The second-order valence-corrected chi connectivity index (χ2v) is 4.41. The van der Waals surface area contributed by atoms with Crippen molar-refractivity contribution in [3.05, 3.63) is 34.9 Å². The van der Waals surface area contributed by atoms with Crippen LogP contribution < -0.4 is 5.32 Å². The molecule has 1 aromatic rings. The maximum atomic E-state index is 10.7. The number of benzene rings is 1. The van der Waals surface area contributed by atoms with Gasteiger partial charge in [-0.15, -0.1) is 0 Å². The number of Topliss-reactive ketones (excluding diaryl/α,β-unsaturated/α-hetero) is 1. The number of nitrogens with one attached hydrogen (secondary N) is 1. The van der Waals surface area contributed by atoms with Gasteiger partial charge in [0.25, 0.3) is 0 Å². The predicted molar refractivity (Wildman–Crippen MR) is 67.5 cm³/mol. The molecule has 0 fully saturated rings. The number of carbonyl (C=O) groups is 1. The first kappa shape index (κ1) is 12.9. The standard InChI is InChI=1S/C14H21NO/c1-11-6-7-12(2)14(9-11)10-15-8-4-5-13(3)16/h6-7,9,15H,4-5,8,10H2,1-3H3. The first-order valence-corrected chi connectivity index (χ1v) is 5.86. The van der Waals surface area contributed by atoms with E-state index in [1.807, 2.05) is 0 Å². The highest BCUT2D eigenvalue weighted by atomic mass is 16.1. The van der Waals surface area contributed by atoms with Crippen LogP contribution in [0.3, 0.4) is 0 Å². The van der Waals surface area contributed by atoms with Crippen LogP contribution >= 0.6 is 0 Å². The van der Waals surface area contributed by atoms with E-state index in [2.05, 4.69) is 37.4 Å². The number of carbonyl (C=O) groups excluding carboxylic acids is 1. The fourth-order valence-electron chi connectivity index (χ4n) is 1.68. The molecule has 0 bridgehead atoms. The number of hydrogen-bond donors (Lipinski definition) is 1. The van der Waals surface area contributed by atoms with Crippen LogP contribution in [0.1, 0.15) is 36.5 Å². The molecule has 0 aliphatic rings. The van der Waals surface area contributed by atoms with Crippen molar-refractivity contribution in [3.8, 4) is 0 Å². The molecular weight excluding hydrogens is 198 g/mol. The van der Waals surface area contributed by atoms with Crippen LogP contribution in [-0.4, -0.2) is 12.3 Å². The van der Waals surface area contributed by atoms with Gasteiger partial charge in [0.15, 0.2) is 0 Å². The predicted octanol–water partition coefficient (Wildman–Crippen LogP) is 2.76. The third-order valence-corrected chi connectivity index (χ3v) is 2.70. The Bertz CT molecular complexity index is 358. The van der Waals surface area contributed by atoms with Gasteiger partial charge in [-0.05, 0) is 44.9 Å². The van der Waals surface area contributed by atoms with Crippen LogP contribution in [0.5, 0.6) is 0 Å². The van der Waals surface area contributed by atoms with Crippen molar-refractivity contribution in [1.82, 2.24) is 5.32 Å². The van der Waals surface area contributed by atoms with E-state index < -0.39 is 0 Å². The molecule has 2 heteroatoms. The normalized spacial score (nSPS) is 10.4. The summed E-state index contributed by atoms with van der Waals surface area (Å²) in [6, 6.07) is 6.50. The van der Waals surface area contributed by atoms with Crippen LogP contribution in [-0.2, 0) is 11.3 Å². The fourth-order valence-corrected chi connectivity index (χ4v) is 1.68. The Hall–Kier alpha value is -1.15. The monoisotopic (exact) mass is 219 g/mol. The molecule has 0 aromatic heterocycles. The van der Waals surface area contributed by atoms with E-state index in [0.717, 1.165) is 19.5 Å². The lowest BCUT2D eigenvalue weighted by atomic mass is 10.1. The van der Waals surface area contributed by atoms with Gasteiger partial charge in [0, 0.05) is 13.0 Å². The molecule has 1 aromatic carbocycles. The Kier molecular flexibility index (Phi) is 5.20. The zero-order valence-corrected chi connectivity index (χ0v) is 10.5. The van der Waals surface area contributed by atoms with Crippen LogP contribution in [0.4, 0.5) is 0 Å². The van der Waals surface area contributed by atoms with E-state index in [0.29, 0.717) is 6.42 Å². The SMILES string of the molecule is CC(=O)CCCNCc1cc(C)ccc1C. The van der Waals surface area contributed by atoms with E-state index >= 15 is 0 Å². The molecule has 0 radical (unpaired) electrons. The minimum absolute atomic E-state index is 0.272. The molecule has 0 saturated heterocycles. The molecule has 0 heterocycles. The molecule has 0 atom stereocenters. The molecule has 0 unspecified atom stereocenters. The summed E-state index contributed by atoms with van der Waals surface area (Å²) in [5.41, 5.74) is 3.97. The molecule has 1 N–H and O–H groups in total. The van der Waals surface area contributed by atoms with Crippen molar-refractivity contribution in [2.75, 3.05) is 6.54 Å². The fraction of sp³-hybridized carbons (Fsp3) is 0.500. The molecule has 16 heavy (non-hydrogen) atoms. The highest BCUT2D eigenvalue weighted by Gasteiger charge is 1.98. The summed E-state index contributed by atoms with van der Waals surface area (Å²) < 4.78 is 0. The quantitative estimate of drug-likeness (QED) is 0.745. The summed E-state index contributed by atoms with van der Waals surface area (Å²) >= 11 is 0. The Balaban J connectivity index is 2.31. The summed E-state index contributed by atoms with van der Waals surface area (Å²) in [5, 5.41) is 3.37. The van der Waals surface area contributed by atoms with E-state index in [4.69, 9.17) is 0 Å². The van der Waals surface area contributed by atoms with Gasteiger partial charge >= 0.3 is 0 Å². The van der Waals surface area contributed by atoms with Gasteiger partial charge in [0.1, 0.15) is 5.78 Å². The number of hydrogen-bond acceptors (Lipinski definition) is 2. The zero-order chi connectivity index (χ0) is 12.0. The van der Waals surface area contributed by atoms with Crippen LogP contribution in [0.15, 0.2) is 18.2 Å². The number of aryl methyl sites for hydroxylation is 2. The maximum absolute atomic E-state index is 10.7. The summed E-state index contributed by atoms with van der Waals surface area (Å²) in [6.45, 7) is 7.69. The van der Waals surface area contributed by atoms with E-state index in [1.165, 1.54) is 16.7 Å². The Morgan fingerprint density at radius 1 is 1.31 bits per heavy atom. The molecule has 0 saturated carbocycles. The second-order valence-electron chi connectivity index (χ2n) is 4.41. The van der Waals surface area contributed by atoms with Gasteiger partial charge in [-0.2, -0.15) is 0 Å². The maximum Gasteiger partial charge on any atom is 0.129 e. The van der Waals surface area contributed by atoms with Crippen molar-refractivity contribution >= 4 is 5.78 Å². The van der Waals surface area contributed by atoms with E-state index in [1.54, 1.807) is 6.92 Å². The lowest BCUT2D eigenvalue weighted by Crippen LogP contribution is -2.16. The summed E-state index contributed by atoms with van der Waals surface area (Å²) in [4.78, 5) is 10.7. The first-order valence-electron chi connectivity index (χ1n) is 5.86. The smallest absolute Gasteiger partial charge is 0.129 e. The van der Waals surface area contributed by atoms with Crippen molar-refractivity contribution < 1.29 is 4.79 Å². The van der Waals surface area contributed by atoms with Gasteiger partial charge in [0.2, 0.25) is 0 Å². The van der Waals surface area contributed by atoms with Gasteiger partial charge in [0.05, 0.1) is 0 Å². The van der Waals surface area contributed by atoms with Crippen molar-refractivity contribution in [2.45, 2.75) is 40.2 Å². The minimum atomic E-state index is 0.272. The minimum Gasteiger partial charge on any atom is -0.313 e. The molecule has 1 rings (SSSR count). The summed E-state index contributed by atoms with van der Waals surface area (Å²) in [7, 11) is 0. The Morgan fingerprint density at radius 3 is 2.75 bits per heavy atom. The van der Waals surface area contributed by atoms with Crippen LogP contribution in [0, 0.1) is 13.8 Å². The average Bonchev–Trinajstić information content (AvgIpc) is 2.22. The molecule has 0 spiro atoms. The van der Waals surface area contributed by atoms with Crippen molar-refractivity contribution in [1.29, 1.82) is 0 Å². The number of ketones is 1. The largest absolute Gasteiger partial charge is 0.313 e. The van der Waals surface area contributed by atoms with Crippen molar-refractivity contribution in [2.24, 2.45) is 0 Å². The van der Waals surface area contributed by atoms with E-state index in [9.17, 15) is 4.79 Å². The highest BCUT2D eigenvalue weighted by molar-refractivity contribution is 5.75. The van der Waals surface area contributed by atoms with Gasteiger partial charge < -0.3 is 10.1 Å². The summed E-state index contributed by atoms with van der Waals surface area (Å²) in [5.74, 6) is 0.272. The lowest BCUT2D eigenvalue weighted by Gasteiger charge is -2.08. The Morgan fingerprint density at radius 2 is 2.06 bits per heavy atom. The van der Waals surface area contributed by atoms with Crippen LogP contribution in [0.2, 0.25) is 0 Å². The molecule has 2 nitrogen and oxygen atoms in total. The topological polar surface area (TPSA) is 29.1 Å². The average molecular weight is 219 g/mol. The highest BCUT2D eigenvalue weighted by Crippen LogP contribution is 2.10. The second kappa shape index (κ2) is 6.44. The molecule has 88 valence electrons. The van der Waals surface area contributed by atoms with Gasteiger partial charge in [-0.25, -0.2) is 0 Å².